The molecule has 1 saturated heterocycles. The predicted molar refractivity (Wildman–Crippen MR) is 94.4 cm³/mol. The summed E-state index contributed by atoms with van der Waals surface area (Å²) in [4.78, 5) is 0. The Kier molecular flexibility index (Phi) is 4.34. The van der Waals surface area contributed by atoms with E-state index in [9.17, 15) is 9.66 Å². The molecule has 0 amide bonds. The zero-order chi connectivity index (χ0) is 17.7. The van der Waals surface area contributed by atoms with Crippen LogP contribution in [-0.2, 0) is 11.4 Å². The van der Waals surface area contributed by atoms with Gasteiger partial charge in [-0.25, -0.2) is 5.43 Å². The van der Waals surface area contributed by atoms with Crippen molar-refractivity contribution in [1.82, 2.24) is 15.2 Å². The first-order chi connectivity index (χ1) is 11.2. The fourth-order valence-electron chi connectivity index (χ4n) is 3.31. The first-order valence-corrected chi connectivity index (χ1v) is 9.07. The van der Waals surface area contributed by atoms with Crippen molar-refractivity contribution in [1.29, 1.82) is 0 Å². The molecule has 1 fully saturated rings. The van der Waals surface area contributed by atoms with E-state index in [1.807, 2.05) is 50.2 Å². The fraction of sp³-hybridized carbons (Fsp3) is 0.529. The molecule has 7 heteroatoms. The summed E-state index contributed by atoms with van der Waals surface area (Å²) in [5, 5.41) is 10.9. The average molecular weight is 351 g/mol. The lowest BCUT2D eigenvalue weighted by Gasteiger charge is -2.34. The summed E-state index contributed by atoms with van der Waals surface area (Å²) in [5.74, 6) is 0.781. The van der Waals surface area contributed by atoms with Crippen LogP contribution in [0.5, 0.6) is 5.75 Å². The summed E-state index contributed by atoms with van der Waals surface area (Å²) >= 11 is -1.27. The van der Waals surface area contributed by atoms with Crippen LogP contribution in [0.2, 0.25) is 0 Å². The molecular weight excluding hydrogens is 326 g/mol. The number of nitrogens with one attached hydrogen (secondary N) is 2. The molecule has 0 saturated carbocycles. The lowest BCUT2D eigenvalue weighted by atomic mass is 9.93. The number of nitrogens with zero attached hydrogens (tertiary/aromatic N) is 1. The van der Waals surface area contributed by atoms with Gasteiger partial charge in [-0.3, -0.25) is 0 Å². The highest BCUT2D eigenvalue weighted by atomic mass is 32.2. The van der Waals surface area contributed by atoms with Crippen LogP contribution in [0.15, 0.2) is 30.0 Å². The molecule has 3 N–H and O–H groups in total. The Balaban J connectivity index is 2.11. The van der Waals surface area contributed by atoms with E-state index in [0.717, 1.165) is 22.4 Å². The molecule has 0 aliphatic carbocycles. The number of hydrogen-bond donors (Lipinski definition) is 3. The van der Waals surface area contributed by atoms with Gasteiger partial charge in [-0.1, -0.05) is 12.1 Å². The van der Waals surface area contributed by atoms with Crippen molar-refractivity contribution in [2.24, 2.45) is 0 Å². The second kappa shape index (κ2) is 5.93. The summed E-state index contributed by atoms with van der Waals surface area (Å²) in [5.41, 5.74) is 7.30. The van der Waals surface area contributed by atoms with E-state index in [1.165, 1.54) is 0 Å². The second-order valence-electron chi connectivity index (χ2n) is 7.24. The van der Waals surface area contributed by atoms with Gasteiger partial charge < -0.3 is 19.8 Å². The van der Waals surface area contributed by atoms with Gasteiger partial charge in [0.25, 0.3) is 0 Å². The molecule has 2 aliphatic rings. The number of hydrazine groups is 1. The molecule has 3 rings (SSSR count). The topological polar surface area (TPSA) is 79.8 Å². The summed E-state index contributed by atoms with van der Waals surface area (Å²) in [6.07, 6.45) is 1.77. The SMILES string of the molecule is COc1cccc([C@@H]2C3=CNNC3(O)CN2[S@+]([O-])C(C)(C)C)c1C. The van der Waals surface area contributed by atoms with Crippen molar-refractivity contribution in [3.05, 3.63) is 41.1 Å². The molecule has 2 heterocycles. The maximum atomic E-state index is 13.1. The minimum atomic E-state index is -1.27. The molecule has 0 aromatic heterocycles. The minimum Gasteiger partial charge on any atom is -0.597 e. The molecule has 3 atom stereocenters. The quantitative estimate of drug-likeness (QED) is 0.716. The fourth-order valence-corrected chi connectivity index (χ4v) is 4.74. The normalized spacial score (nSPS) is 28.3. The van der Waals surface area contributed by atoms with E-state index in [-0.39, 0.29) is 12.6 Å². The number of ether oxygens (including phenoxy) is 1. The predicted octanol–water partition coefficient (Wildman–Crippen LogP) is 1.50. The van der Waals surface area contributed by atoms with E-state index < -0.39 is 21.8 Å². The van der Waals surface area contributed by atoms with Crippen molar-refractivity contribution in [3.63, 3.8) is 0 Å². The van der Waals surface area contributed by atoms with Crippen LogP contribution in [0, 0.1) is 6.92 Å². The lowest BCUT2D eigenvalue weighted by molar-refractivity contribution is 0.0540. The Morgan fingerprint density at radius 3 is 2.75 bits per heavy atom. The van der Waals surface area contributed by atoms with E-state index in [0.29, 0.717) is 0 Å². The minimum absolute atomic E-state index is 0.247. The van der Waals surface area contributed by atoms with Crippen molar-refractivity contribution in [3.8, 4) is 5.75 Å². The summed E-state index contributed by atoms with van der Waals surface area (Å²) in [7, 11) is 1.64. The van der Waals surface area contributed by atoms with Gasteiger partial charge in [0.15, 0.2) is 5.72 Å². The Hall–Kier alpha value is -1.25. The number of methoxy groups -OCH3 is 1. The van der Waals surface area contributed by atoms with Crippen LogP contribution < -0.4 is 15.6 Å². The third-order valence-electron chi connectivity index (χ3n) is 4.53. The molecule has 0 bridgehead atoms. The maximum absolute atomic E-state index is 13.1. The van der Waals surface area contributed by atoms with Crippen LogP contribution in [-0.4, -0.2) is 38.1 Å². The molecular formula is C17H25N3O3S. The van der Waals surface area contributed by atoms with Crippen molar-refractivity contribution in [2.75, 3.05) is 13.7 Å². The highest BCUT2D eigenvalue weighted by molar-refractivity contribution is 7.90. The maximum Gasteiger partial charge on any atom is 0.175 e. The molecule has 1 aromatic rings. The van der Waals surface area contributed by atoms with Gasteiger partial charge in [-0.15, -0.1) is 4.31 Å². The zero-order valence-corrected chi connectivity index (χ0v) is 15.5. The van der Waals surface area contributed by atoms with Gasteiger partial charge in [0, 0.05) is 23.1 Å². The Labute approximate surface area is 146 Å². The van der Waals surface area contributed by atoms with Crippen molar-refractivity contribution >= 4 is 11.4 Å². The van der Waals surface area contributed by atoms with Crippen LogP contribution in [0.3, 0.4) is 0 Å². The Morgan fingerprint density at radius 1 is 1.42 bits per heavy atom. The first kappa shape index (κ1) is 17.6. The van der Waals surface area contributed by atoms with E-state index in [2.05, 4.69) is 10.9 Å². The van der Waals surface area contributed by atoms with Gasteiger partial charge in [0.05, 0.1) is 13.7 Å². The second-order valence-corrected chi connectivity index (χ2v) is 9.44. The third-order valence-corrected chi connectivity index (χ3v) is 6.34. The Bertz CT molecular complexity index is 674. The van der Waals surface area contributed by atoms with E-state index >= 15 is 0 Å². The van der Waals surface area contributed by atoms with Gasteiger partial charge in [0.2, 0.25) is 0 Å². The van der Waals surface area contributed by atoms with Gasteiger partial charge in [-0.2, -0.15) is 0 Å². The van der Waals surface area contributed by atoms with E-state index in [1.54, 1.807) is 13.3 Å². The van der Waals surface area contributed by atoms with Crippen molar-refractivity contribution in [2.45, 2.75) is 44.2 Å². The van der Waals surface area contributed by atoms with Crippen LogP contribution in [0.1, 0.15) is 37.9 Å². The standard InChI is InChI=1S/C17H25N3O3S/c1-11-12(7-6-8-14(11)23-5)15-13-9-18-19-17(13,21)10-20(15)24(22)16(2,3)4/h6-9,15,18-19,21H,10H2,1-5H3/t15-,17?,24-/m1/s1. The van der Waals surface area contributed by atoms with Gasteiger partial charge >= 0.3 is 0 Å². The van der Waals surface area contributed by atoms with Crippen LogP contribution in [0.25, 0.3) is 0 Å². The smallest absolute Gasteiger partial charge is 0.175 e. The first-order valence-electron chi connectivity index (χ1n) is 7.97. The third kappa shape index (κ3) is 2.70. The number of fused-ring (bicyclic) bond motifs is 1. The monoisotopic (exact) mass is 351 g/mol. The number of hydrogen-bond acceptors (Lipinski definition) is 6. The molecule has 1 unspecified atom stereocenters. The highest BCUT2D eigenvalue weighted by Gasteiger charge is 2.57. The molecule has 24 heavy (non-hydrogen) atoms. The van der Waals surface area contributed by atoms with Crippen LogP contribution in [0.4, 0.5) is 0 Å². The molecule has 2 aliphatic heterocycles. The molecule has 0 spiro atoms. The number of rotatable bonds is 3. The summed E-state index contributed by atoms with van der Waals surface area (Å²) in [6, 6.07) is 5.55. The summed E-state index contributed by atoms with van der Waals surface area (Å²) in [6.45, 7) is 8.06. The van der Waals surface area contributed by atoms with Gasteiger partial charge in [-0.05, 0) is 44.9 Å². The number of benzene rings is 1. The van der Waals surface area contributed by atoms with Crippen molar-refractivity contribution < 1.29 is 14.4 Å². The lowest BCUT2D eigenvalue weighted by Crippen LogP contribution is -2.51. The molecule has 132 valence electrons. The number of β-amino-alcohol motifs (C(OH)–C–C–N with tert-alkyl or cyclic N) is 1. The zero-order valence-electron chi connectivity index (χ0n) is 14.7. The largest absolute Gasteiger partial charge is 0.597 e. The highest BCUT2D eigenvalue weighted by Crippen LogP contribution is 2.47. The molecule has 1 aromatic carbocycles. The number of aliphatic hydroxyl groups is 1. The van der Waals surface area contributed by atoms with E-state index in [4.69, 9.17) is 4.74 Å². The average Bonchev–Trinajstić information content (AvgIpc) is 3.00. The molecule has 6 nitrogen and oxygen atoms in total. The summed E-state index contributed by atoms with van der Waals surface area (Å²) < 4.78 is 20.0. The van der Waals surface area contributed by atoms with Crippen LogP contribution >= 0.6 is 0 Å². The Morgan fingerprint density at radius 2 is 2.12 bits per heavy atom. The molecule has 0 radical (unpaired) electrons. The van der Waals surface area contributed by atoms with Gasteiger partial charge in [0.1, 0.15) is 16.5 Å².